The molecule has 11 heteroatoms. The second kappa shape index (κ2) is 14.8. The molecule has 184 valence electrons. The number of benzene rings is 1. The Morgan fingerprint density at radius 3 is 2.30 bits per heavy atom. The Kier molecular flexibility index (Phi) is 12.5. The van der Waals surface area contributed by atoms with Gasteiger partial charge in [0.25, 0.3) is 0 Å². The second-order valence-corrected chi connectivity index (χ2v) is 8.04. The summed E-state index contributed by atoms with van der Waals surface area (Å²) in [7, 11) is 0. The third kappa shape index (κ3) is 14.5. The van der Waals surface area contributed by atoms with Crippen LogP contribution in [0.2, 0.25) is 0 Å². The summed E-state index contributed by atoms with van der Waals surface area (Å²) < 4.78 is 15.5. The predicted molar refractivity (Wildman–Crippen MR) is 119 cm³/mol. The van der Waals surface area contributed by atoms with Crippen molar-refractivity contribution in [2.45, 2.75) is 45.4 Å². The number of carbonyl (C=O) groups excluding carboxylic acids is 3. The molecule has 0 radical (unpaired) electrons. The van der Waals surface area contributed by atoms with Crippen molar-refractivity contribution in [2.24, 2.45) is 0 Å². The minimum atomic E-state index is -1.22. The van der Waals surface area contributed by atoms with Crippen molar-refractivity contribution in [3.05, 3.63) is 35.9 Å². The highest BCUT2D eigenvalue weighted by Crippen LogP contribution is 2.06. The zero-order valence-corrected chi connectivity index (χ0v) is 19.2. The zero-order valence-electron chi connectivity index (χ0n) is 19.2. The molecule has 0 aliphatic carbocycles. The van der Waals surface area contributed by atoms with Crippen LogP contribution in [-0.2, 0) is 30.4 Å². The number of carbonyl (C=O) groups is 4. The summed E-state index contributed by atoms with van der Waals surface area (Å²) in [6.45, 7) is 6.24. The molecule has 1 atom stereocenters. The number of ether oxygens (including phenoxy) is 3. The Bertz CT molecular complexity index is 765. The molecule has 2 amide bonds. The second-order valence-electron chi connectivity index (χ2n) is 8.04. The average molecular weight is 468 g/mol. The van der Waals surface area contributed by atoms with Gasteiger partial charge >= 0.3 is 18.2 Å². The molecule has 4 N–H and O–H groups in total. The molecule has 0 bridgehead atoms. The quantitative estimate of drug-likeness (QED) is 0.298. The van der Waals surface area contributed by atoms with Gasteiger partial charge in [-0.2, -0.15) is 0 Å². The lowest BCUT2D eigenvalue weighted by atomic mass is 10.1. The van der Waals surface area contributed by atoms with E-state index in [9.17, 15) is 19.2 Å². The molecule has 11 nitrogen and oxygen atoms in total. The summed E-state index contributed by atoms with van der Waals surface area (Å²) in [5, 5.41) is 16.7. The standard InChI is InChI=1S/C22H33N3O8/c1-22(2,3)33-20(29)24-10-12-31-11-9-23-14-18(26)17(13-19(27)28)25-21(30)32-15-16-7-5-4-6-8-16/h4-8,17,23H,9-15H2,1-3H3,(H,24,29)(H,25,30)(H,27,28)/t17-/m0/s1. The number of carboxylic acid groups (broad SMARTS) is 1. The number of aliphatic carboxylic acids is 1. The average Bonchev–Trinajstić information content (AvgIpc) is 2.72. The molecule has 0 saturated carbocycles. The minimum Gasteiger partial charge on any atom is -0.481 e. The van der Waals surface area contributed by atoms with Crippen molar-refractivity contribution >= 4 is 23.9 Å². The largest absolute Gasteiger partial charge is 0.481 e. The number of alkyl carbamates (subject to hydrolysis) is 2. The third-order valence-electron chi connectivity index (χ3n) is 3.91. The zero-order chi connectivity index (χ0) is 24.7. The monoisotopic (exact) mass is 467 g/mol. The molecule has 0 heterocycles. The van der Waals surface area contributed by atoms with E-state index in [1.54, 1.807) is 45.0 Å². The van der Waals surface area contributed by atoms with Crippen LogP contribution in [0.4, 0.5) is 9.59 Å². The number of rotatable bonds is 14. The number of carboxylic acids is 1. The minimum absolute atomic E-state index is 0.000964. The summed E-state index contributed by atoms with van der Waals surface area (Å²) >= 11 is 0. The van der Waals surface area contributed by atoms with Gasteiger partial charge in [-0.05, 0) is 26.3 Å². The smallest absolute Gasteiger partial charge is 0.408 e. The van der Waals surface area contributed by atoms with E-state index in [0.29, 0.717) is 6.54 Å². The van der Waals surface area contributed by atoms with Gasteiger partial charge in [0, 0.05) is 13.1 Å². The molecule has 0 unspecified atom stereocenters. The first-order valence-corrected chi connectivity index (χ1v) is 10.5. The fraction of sp³-hybridized carbons (Fsp3) is 0.545. The lowest BCUT2D eigenvalue weighted by Crippen LogP contribution is -2.46. The van der Waals surface area contributed by atoms with Crippen LogP contribution in [0, 0.1) is 0 Å². The van der Waals surface area contributed by atoms with Crippen molar-refractivity contribution in [3.8, 4) is 0 Å². The molecule has 1 rings (SSSR count). The Hall–Kier alpha value is -3.18. The van der Waals surface area contributed by atoms with Gasteiger partial charge in [0.15, 0.2) is 5.78 Å². The van der Waals surface area contributed by atoms with Gasteiger partial charge in [0.1, 0.15) is 18.2 Å². The fourth-order valence-electron chi connectivity index (χ4n) is 2.45. The Labute approximate surface area is 193 Å². The van der Waals surface area contributed by atoms with Gasteiger partial charge in [0.2, 0.25) is 0 Å². The first kappa shape index (κ1) is 27.9. The van der Waals surface area contributed by atoms with Crippen LogP contribution < -0.4 is 16.0 Å². The Balaban J connectivity index is 2.24. The SMILES string of the molecule is CC(C)(C)OC(=O)NCCOCCNCC(=O)[C@H](CC(=O)O)NC(=O)OCc1ccccc1. The van der Waals surface area contributed by atoms with E-state index in [4.69, 9.17) is 19.3 Å². The third-order valence-corrected chi connectivity index (χ3v) is 3.91. The fourth-order valence-corrected chi connectivity index (χ4v) is 2.45. The Morgan fingerprint density at radius 2 is 1.67 bits per heavy atom. The highest BCUT2D eigenvalue weighted by molar-refractivity contribution is 5.92. The van der Waals surface area contributed by atoms with E-state index in [-0.39, 0.29) is 32.9 Å². The molecular formula is C22H33N3O8. The number of hydrogen-bond donors (Lipinski definition) is 4. The van der Waals surface area contributed by atoms with E-state index >= 15 is 0 Å². The number of ketones is 1. The summed E-state index contributed by atoms with van der Waals surface area (Å²) in [6, 6.07) is 7.72. The molecule has 0 saturated heterocycles. The van der Waals surface area contributed by atoms with Crippen molar-refractivity contribution in [1.29, 1.82) is 0 Å². The molecule has 1 aromatic rings. The van der Waals surface area contributed by atoms with E-state index in [2.05, 4.69) is 16.0 Å². The van der Waals surface area contributed by atoms with Crippen LogP contribution in [0.1, 0.15) is 32.8 Å². The van der Waals surface area contributed by atoms with Gasteiger partial charge < -0.3 is 35.3 Å². The molecule has 1 aromatic carbocycles. The van der Waals surface area contributed by atoms with Gasteiger partial charge in [-0.15, -0.1) is 0 Å². The number of hydrogen-bond acceptors (Lipinski definition) is 8. The highest BCUT2D eigenvalue weighted by atomic mass is 16.6. The van der Waals surface area contributed by atoms with E-state index < -0.39 is 42.0 Å². The van der Waals surface area contributed by atoms with Crippen LogP contribution in [0.3, 0.4) is 0 Å². The molecular weight excluding hydrogens is 434 g/mol. The number of Topliss-reactive ketones (excluding diaryl/α,β-unsaturated/α-hetero) is 1. The first-order chi connectivity index (χ1) is 15.6. The molecule has 0 aromatic heterocycles. The lowest BCUT2D eigenvalue weighted by molar-refractivity contribution is -0.139. The van der Waals surface area contributed by atoms with E-state index in [1.165, 1.54) is 0 Å². The van der Waals surface area contributed by atoms with Crippen LogP contribution in [0.25, 0.3) is 0 Å². The van der Waals surface area contributed by atoms with Crippen LogP contribution >= 0.6 is 0 Å². The molecule has 33 heavy (non-hydrogen) atoms. The van der Waals surface area contributed by atoms with Crippen LogP contribution in [-0.4, -0.2) is 73.5 Å². The van der Waals surface area contributed by atoms with E-state index in [1.807, 2.05) is 6.07 Å². The maximum atomic E-state index is 12.3. The van der Waals surface area contributed by atoms with Gasteiger partial charge in [-0.25, -0.2) is 9.59 Å². The summed E-state index contributed by atoms with van der Waals surface area (Å²) in [6.07, 6.45) is -1.97. The molecule has 0 aliphatic heterocycles. The Morgan fingerprint density at radius 1 is 1.00 bits per heavy atom. The van der Waals surface area contributed by atoms with Crippen molar-refractivity contribution < 1.29 is 38.5 Å². The summed E-state index contributed by atoms with van der Waals surface area (Å²) in [5.74, 6) is -1.72. The van der Waals surface area contributed by atoms with Gasteiger partial charge in [0.05, 0.1) is 26.2 Å². The normalized spacial score (nSPS) is 11.8. The van der Waals surface area contributed by atoms with Crippen molar-refractivity contribution in [2.75, 3.05) is 32.8 Å². The maximum absolute atomic E-state index is 12.3. The summed E-state index contributed by atoms with van der Waals surface area (Å²) in [4.78, 5) is 46.8. The van der Waals surface area contributed by atoms with Crippen molar-refractivity contribution in [1.82, 2.24) is 16.0 Å². The molecule has 0 fully saturated rings. The van der Waals surface area contributed by atoms with Gasteiger partial charge in [-0.3, -0.25) is 9.59 Å². The van der Waals surface area contributed by atoms with Crippen LogP contribution in [0.15, 0.2) is 30.3 Å². The molecule has 0 spiro atoms. The highest BCUT2D eigenvalue weighted by Gasteiger charge is 2.24. The first-order valence-electron chi connectivity index (χ1n) is 10.5. The number of nitrogens with one attached hydrogen (secondary N) is 3. The maximum Gasteiger partial charge on any atom is 0.408 e. The van der Waals surface area contributed by atoms with Crippen LogP contribution in [0.5, 0.6) is 0 Å². The number of amides is 2. The van der Waals surface area contributed by atoms with E-state index in [0.717, 1.165) is 5.56 Å². The van der Waals surface area contributed by atoms with Crippen molar-refractivity contribution in [3.63, 3.8) is 0 Å². The lowest BCUT2D eigenvalue weighted by Gasteiger charge is -2.19. The van der Waals surface area contributed by atoms with Gasteiger partial charge in [-0.1, -0.05) is 30.3 Å². The predicted octanol–water partition coefficient (Wildman–Crippen LogP) is 1.46. The topological polar surface area (TPSA) is 152 Å². The summed E-state index contributed by atoms with van der Waals surface area (Å²) in [5.41, 5.74) is 0.185. The molecule has 0 aliphatic rings.